The van der Waals surface area contributed by atoms with E-state index in [9.17, 15) is 14.0 Å². The average Bonchev–Trinajstić information content (AvgIpc) is 2.63. The Morgan fingerprint density at radius 2 is 1.65 bits per heavy atom. The maximum Gasteiger partial charge on any atom is 0.309 e. The first-order valence-corrected chi connectivity index (χ1v) is 8.14. The number of anilines is 1. The number of esters is 1. The van der Waals surface area contributed by atoms with Gasteiger partial charge >= 0.3 is 5.97 Å². The molecule has 0 aliphatic rings. The molecular weight excluding hydrogens is 341 g/mol. The molecule has 0 spiro atoms. The lowest BCUT2D eigenvalue weighted by Gasteiger charge is -2.11. The molecule has 138 valence electrons. The van der Waals surface area contributed by atoms with Crippen LogP contribution in [0.5, 0.6) is 11.5 Å². The van der Waals surface area contributed by atoms with Crippen LogP contribution in [0.1, 0.15) is 13.3 Å². The molecule has 0 aromatic heterocycles. The number of rotatable bonds is 9. The van der Waals surface area contributed by atoms with Gasteiger partial charge in [-0.25, -0.2) is 4.39 Å². The summed E-state index contributed by atoms with van der Waals surface area (Å²) in [6, 6.07) is 12.4. The van der Waals surface area contributed by atoms with Crippen LogP contribution in [0, 0.1) is 5.82 Å². The van der Waals surface area contributed by atoms with Crippen molar-refractivity contribution in [2.45, 2.75) is 13.3 Å². The number of carbonyl (C=O) groups excluding carboxylic acids is 2. The zero-order valence-electron chi connectivity index (χ0n) is 14.4. The van der Waals surface area contributed by atoms with Crippen molar-refractivity contribution in [1.29, 1.82) is 0 Å². The number of nitrogens with one attached hydrogen (secondary N) is 1. The molecule has 0 aliphatic heterocycles. The minimum absolute atomic E-state index is 0.00964. The van der Waals surface area contributed by atoms with Gasteiger partial charge in [0, 0.05) is 5.69 Å². The van der Waals surface area contributed by atoms with E-state index in [4.69, 9.17) is 14.2 Å². The normalized spacial score (nSPS) is 10.1. The van der Waals surface area contributed by atoms with Crippen LogP contribution in [-0.2, 0) is 14.3 Å². The number of halogens is 1. The zero-order valence-corrected chi connectivity index (χ0v) is 14.4. The number of hydrogen-bond donors (Lipinski definition) is 1. The first kappa shape index (κ1) is 19.2. The zero-order chi connectivity index (χ0) is 18.8. The fraction of sp³-hybridized carbons (Fsp3) is 0.263. The highest BCUT2D eigenvalue weighted by atomic mass is 19.1. The van der Waals surface area contributed by atoms with Gasteiger partial charge in [-0.3, -0.25) is 9.59 Å². The second-order valence-corrected chi connectivity index (χ2v) is 5.19. The van der Waals surface area contributed by atoms with Crippen molar-refractivity contribution in [2.75, 3.05) is 25.1 Å². The van der Waals surface area contributed by atoms with Gasteiger partial charge in [0.15, 0.2) is 18.1 Å². The van der Waals surface area contributed by atoms with Gasteiger partial charge in [0.05, 0.1) is 19.6 Å². The molecule has 0 saturated carbocycles. The van der Waals surface area contributed by atoms with E-state index in [1.54, 1.807) is 18.2 Å². The largest absolute Gasteiger partial charge is 0.490 e. The maximum absolute atomic E-state index is 12.8. The summed E-state index contributed by atoms with van der Waals surface area (Å²) in [5.74, 6) is -0.334. The molecule has 6 nitrogen and oxygen atoms in total. The maximum atomic E-state index is 12.8. The van der Waals surface area contributed by atoms with E-state index in [-0.39, 0.29) is 13.0 Å². The molecule has 0 radical (unpaired) electrons. The summed E-state index contributed by atoms with van der Waals surface area (Å²) >= 11 is 0. The molecular formula is C19H20FNO5. The van der Waals surface area contributed by atoms with E-state index >= 15 is 0 Å². The summed E-state index contributed by atoms with van der Waals surface area (Å²) < 4.78 is 28.6. The Balaban J connectivity index is 1.69. The lowest BCUT2D eigenvalue weighted by atomic mass is 10.3. The lowest BCUT2D eigenvalue weighted by Crippen LogP contribution is -2.21. The standard InChI is InChI=1S/C19H20FNO5/c1-2-24-16-5-3-4-6-17(16)25-12-11-19(23)26-13-18(22)21-15-9-7-14(20)8-10-15/h3-10H,2,11-13H2,1H3,(H,21,22). The van der Waals surface area contributed by atoms with E-state index in [1.165, 1.54) is 24.3 Å². The summed E-state index contributed by atoms with van der Waals surface area (Å²) in [5.41, 5.74) is 0.420. The molecule has 0 saturated heterocycles. The van der Waals surface area contributed by atoms with Crippen LogP contribution < -0.4 is 14.8 Å². The van der Waals surface area contributed by atoms with E-state index in [1.807, 2.05) is 13.0 Å². The number of hydrogen-bond acceptors (Lipinski definition) is 5. The molecule has 2 aromatic rings. The van der Waals surface area contributed by atoms with Gasteiger partial charge < -0.3 is 19.5 Å². The van der Waals surface area contributed by atoms with Crippen molar-refractivity contribution >= 4 is 17.6 Å². The number of amides is 1. The van der Waals surface area contributed by atoms with Gasteiger partial charge in [-0.05, 0) is 43.3 Å². The fourth-order valence-electron chi connectivity index (χ4n) is 2.04. The molecule has 2 rings (SSSR count). The van der Waals surface area contributed by atoms with Crippen molar-refractivity contribution in [1.82, 2.24) is 0 Å². The highest BCUT2D eigenvalue weighted by Crippen LogP contribution is 2.26. The van der Waals surface area contributed by atoms with Gasteiger partial charge in [0.2, 0.25) is 0 Å². The van der Waals surface area contributed by atoms with Crippen LogP contribution in [0.4, 0.5) is 10.1 Å². The van der Waals surface area contributed by atoms with Gasteiger partial charge in [0.25, 0.3) is 5.91 Å². The van der Waals surface area contributed by atoms with Crippen LogP contribution in [0.2, 0.25) is 0 Å². The first-order valence-electron chi connectivity index (χ1n) is 8.14. The second kappa shape index (κ2) is 10.0. The molecule has 0 fully saturated rings. The van der Waals surface area contributed by atoms with E-state index in [0.717, 1.165) is 0 Å². The molecule has 1 amide bonds. The third-order valence-electron chi connectivity index (χ3n) is 3.20. The summed E-state index contributed by atoms with van der Waals surface area (Å²) in [5, 5.41) is 2.50. The van der Waals surface area contributed by atoms with Crippen molar-refractivity contribution in [2.24, 2.45) is 0 Å². The van der Waals surface area contributed by atoms with Gasteiger partial charge in [0.1, 0.15) is 5.82 Å². The first-order chi connectivity index (χ1) is 12.6. The Labute approximate surface area is 150 Å². The highest BCUT2D eigenvalue weighted by molar-refractivity contribution is 5.92. The molecule has 0 atom stereocenters. The number of ether oxygens (including phenoxy) is 3. The molecule has 0 aliphatic carbocycles. The van der Waals surface area contributed by atoms with Crippen LogP contribution in [-0.4, -0.2) is 31.7 Å². The van der Waals surface area contributed by atoms with Crippen molar-refractivity contribution in [3.05, 3.63) is 54.3 Å². The van der Waals surface area contributed by atoms with E-state index in [2.05, 4.69) is 5.32 Å². The topological polar surface area (TPSA) is 73.9 Å². The molecule has 26 heavy (non-hydrogen) atoms. The molecule has 7 heteroatoms. The molecule has 0 heterocycles. The Morgan fingerprint density at radius 1 is 1.00 bits per heavy atom. The van der Waals surface area contributed by atoms with Crippen LogP contribution >= 0.6 is 0 Å². The van der Waals surface area contributed by atoms with Crippen LogP contribution in [0.25, 0.3) is 0 Å². The van der Waals surface area contributed by atoms with Crippen LogP contribution in [0.3, 0.4) is 0 Å². The molecule has 0 unspecified atom stereocenters. The summed E-state index contributed by atoms with van der Waals surface area (Å²) in [7, 11) is 0. The molecule has 0 bridgehead atoms. The molecule has 1 N–H and O–H groups in total. The smallest absolute Gasteiger partial charge is 0.309 e. The third kappa shape index (κ3) is 6.43. The predicted octanol–water partition coefficient (Wildman–Crippen LogP) is 3.18. The Hall–Kier alpha value is -3.09. The second-order valence-electron chi connectivity index (χ2n) is 5.19. The third-order valence-corrected chi connectivity index (χ3v) is 3.20. The monoisotopic (exact) mass is 361 g/mol. The Bertz CT molecular complexity index is 733. The minimum Gasteiger partial charge on any atom is -0.490 e. The Morgan fingerprint density at radius 3 is 2.31 bits per heavy atom. The van der Waals surface area contributed by atoms with Gasteiger partial charge in [-0.2, -0.15) is 0 Å². The van der Waals surface area contributed by atoms with Crippen molar-refractivity contribution in [3.63, 3.8) is 0 Å². The Kier molecular flexibility index (Phi) is 7.42. The number of carbonyl (C=O) groups is 2. The lowest BCUT2D eigenvalue weighted by molar-refractivity contribution is -0.147. The summed E-state index contributed by atoms with van der Waals surface area (Å²) in [6.07, 6.45) is -0.00964. The van der Waals surface area contributed by atoms with E-state index in [0.29, 0.717) is 23.8 Å². The van der Waals surface area contributed by atoms with Crippen LogP contribution in [0.15, 0.2) is 48.5 Å². The van der Waals surface area contributed by atoms with E-state index < -0.39 is 24.3 Å². The average molecular weight is 361 g/mol. The van der Waals surface area contributed by atoms with Crippen molar-refractivity contribution in [3.8, 4) is 11.5 Å². The van der Waals surface area contributed by atoms with Gasteiger partial charge in [-0.15, -0.1) is 0 Å². The summed E-state index contributed by atoms with van der Waals surface area (Å²) in [6.45, 7) is 2.05. The summed E-state index contributed by atoms with van der Waals surface area (Å²) in [4.78, 5) is 23.4. The predicted molar refractivity (Wildman–Crippen MR) is 93.7 cm³/mol. The highest BCUT2D eigenvalue weighted by Gasteiger charge is 2.10. The SMILES string of the molecule is CCOc1ccccc1OCCC(=O)OCC(=O)Nc1ccc(F)cc1. The number of benzene rings is 2. The minimum atomic E-state index is -0.562. The molecule has 2 aromatic carbocycles. The van der Waals surface area contributed by atoms with Crippen molar-refractivity contribution < 1.29 is 28.2 Å². The van der Waals surface area contributed by atoms with Gasteiger partial charge in [-0.1, -0.05) is 12.1 Å². The quantitative estimate of drug-likeness (QED) is 0.695. The number of para-hydroxylation sites is 2. The fourth-order valence-corrected chi connectivity index (χ4v) is 2.04.